The number of carbonyl (C=O) groups excluding carboxylic acids is 3. The maximum Gasteiger partial charge on any atom is 0.276 e. The number of hydrogen-bond acceptors (Lipinski definition) is 15. The Bertz CT molecular complexity index is 3220. The molecule has 76 heavy (non-hydrogen) atoms. The third-order valence-electron chi connectivity index (χ3n) is 15.3. The molecule has 12 rings (SSSR count). The molecule has 3 fully saturated rings. The summed E-state index contributed by atoms with van der Waals surface area (Å²) in [6, 6.07) is 9.42. The van der Waals surface area contributed by atoms with Crippen molar-refractivity contribution in [2.75, 3.05) is 16.4 Å². The number of fused-ring (bicyclic) bond motifs is 3. The number of amides is 3. The van der Waals surface area contributed by atoms with Crippen LogP contribution in [0.5, 0.6) is 0 Å². The van der Waals surface area contributed by atoms with Crippen LogP contribution in [0, 0.1) is 17.8 Å². The normalized spacial score (nSPS) is 22.4. The minimum Gasteiger partial charge on any atom is -0.384 e. The Balaban J connectivity index is 0.000000132. The molecule has 398 valence electrons. The average Bonchev–Trinajstić information content (AvgIpc) is 4.32. The smallest absolute Gasteiger partial charge is 0.276 e. The maximum atomic E-state index is 13.1. The Morgan fingerprint density at radius 2 is 0.855 bits per heavy atom. The first-order valence-electron chi connectivity index (χ1n) is 24.9. The van der Waals surface area contributed by atoms with Gasteiger partial charge in [-0.25, -0.2) is 29.9 Å². The van der Waals surface area contributed by atoms with Crippen LogP contribution in [0.3, 0.4) is 0 Å². The van der Waals surface area contributed by atoms with Crippen LogP contribution in [-0.4, -0.2) is 61.3 Å². The van der Waals surface area contributed by atoms with Crippen molar-refractivity contribution in [1.29, 1.82) is 0 Å². The molecule has 25 heteroatoms. The van der Waals surface area contributed by atoms with Gasteiger partial charge in [0, 0.05) is 36.3 Å². The Kier molecular flexibility index (Phi) is 15.7. The number of hydrogen-bond donors (Lipinski definition) is 6. The molecule has 6 aromatic rings. The largest absolute Gasteiger partial charge is 0.384 e. The minimum atomic E-state index is -0.757. The number of pyridine rings is 3. The number of rotatable bonds is 7. The lowest BCUT2D eigenvalue weighted by molar-refractivity contribution is 0.0865. The van der Waals surface area contributed by atoms with E-state index in [2.05, 4.69) is 72.4 Å². The van der Waals surface area contributed by atoms with Crippen LogP contribution in [0.15, 0.2) is 92.8 Å². The number of nitrogens with one attached hydrogen (secondary N) is 5. The van der Waals surface area contributed by atoms with Crippen molar-refractivity contribution in [2.45, 2.75) is 115 Å². The predicted octanol–water partition coefficient (Wildman–Crippen LogP) is 8.21. The Hall–Kier alpha value is -6.75. The van der Waals surface area contributed by atoms with Crippen LogP contribution < -0.4 is 49.0 Å². The second-order valence-corrected chi connectivity index (χ2v) is 22.0. The molecule has 3 aliphatic heterocycles. The fourth-order valence-electron chi connectivity index (χ4n) is 11.5. The highest BCUT2D eigenvalue weighted by Crippen LogP contribution is 2.44. The summed E-state index contributed by atoms with van der Waals surface area (Å²) in [6.45, 7) is 5.73. The van der Waals surface area contributed by atoms with Crippen molar-refractivity contribution < 1.29 is 14.4 Å². The highest BCUT2D eigenvalue weighted by molar-refractivity contribution is 9.10. The summed E-state index contributed by atoms with van der Waals surface area (Å²) in [6.07, 6.45) is 21.6. The van der Waals surface area contributed by atoms with Crippen molar-refractivity contribution in [1.82, 2.24) is 59.6 Å². The first-order chi connectivity index (χ1) is 36.3. The Morgan fingerprint density at radius 3 is 1.16 bits per heavy atom. The van der Waals surface area contributed by atoms with E-state index in [-0.39, 0.29) is 90.7 Å². The van der Waals surface area contributed by atoms with Crippen LogP contribution in [0.25, 0.3) is 0 Å². The number of anilines is 5. The zero-order chi connectivity index (χ0) is 54.1. The Morgan fingerprint density at radius 1 is 0.526 bits per heavy atom. The monoisotopic (exact) mass is 1160 g/mol. The molecule has 0 aromatic carbocycles. The van der Waals surface area contributed by atoms with Crippen molar-refractivity contribution in [3.05, 3.63) is 142 Å². The fourth-order valence-corrected chi connectivity index (χ4v) is 12.9. The highest BCUT2D eigenvalue weighted by Gasteiger charge is 2.50. The van der Waals surface area contributed by atoms with Gasteiger partial charge in [-0.2, -0.15) is 0 Å². The van der Waals surface area contributed by atoms with E-state index in [4.69, 9.17) is 40.5 Å². The topological polar surface area (TPSA) is 281 Å². The summed E-state index contributed by atoms with van der Waals surface area (Å²) in [7, 11) is 0. The Labute approximate surface area is 459 Å². The molecule has 3 atom stereocenters. The summed E-state index contributed by atoms with van der Waals surface area (Å²) in [5.41, 5.74) is 3.57. The van der Waals surface area contributed by atoms with E-state index in [1.807, 2.05) is 20.8 Å². The van der Waals surface area contributed by atoms with E-state index in [0.717, 1.165) is 77.0 Å². The van der Waals surface area contributed by atoms with Crippen molar-refractivity contribution in [3.63, 3.8) is 0 Å². The standard InChI is InChI=1S/2C17H18ClN5O2.C13H14BrClN2O2.C4H5N3/c2*1-17(10-4-2-3-5-10)22-15(24)14-11(18)8-12(16(25)23(14)17)21-13-6-7-19-9-20-13;1-13(7-4-2-3-5-7)16-11(18)10-9(15)6-8(14)12(19)17(10)13;5-4-1-2-6-3-7-4/h2*6-10H,2-5H2,1H3,(H,22,24)(H,19,20,21);6-7H,2-5H2,1H3,(H,16,18);1-3H,(H2,5,6,7). The summed E-state index contributed by atoms with van der Waals surface area (Å²) >= 11 is 22.0. The molecule has 9 heterocycles. The van der Waals surface area contributed by atoms with Crippen LogP contribution in [-0.2, 0) is 17.0 Å². The van der Waals surface area contributed by atoms with Gasteiger partial charge in [-0.05, 0) is 112 Å². The number of carbonyl (C=O) groups is 3. The molecule has 0 spiro atoms. The van der Waals surface area contributed by atoms with E-state index >= 15 is 0 Å². The van der Waals surface area contributed by atoms with E-state index in [1.165, 1.54) is 50.9 Å². The van der Waals surface area contributed by atoms with Gasteiger partial charge in [0.05, 0.1) is 19.5 Å². The van der Waals surface area contributed by atoms with Crippen LogP contribution in [0.2, 0.25) is 15.1 Å². The van der Waals surface area contributed by atoms with Gasteiger partial charge in [-0.1, -0.05) is 73.3 Å². The van der Waals surface area contributed by atoms with Gasteiger partial charge in [-0.15, -0.1) is 0 Å². The molecule has 0 bridgehead atoms. The number of halogens is 4. The molecule has 3 amide bonds. The fraction of sp³-hybridized carbons (Fsp3) is 0.412. The van der Waals surface area contributed by atoms with Crippen LogP contribution in [0.1, 0.15) is 129 Å². The second-order valence-electron chi connectivity index (χ2n) is 19.9. The lowest BCUT2D eigenvalue weighted by Crippen LogP contribution is -2.50. The number of nitrogens with zero attached hydrogens (tertiary/aromatic N) is 9. The number of nitrogen functional groups attached to an aromatic ring is 1. The van der Waals surface area contributed by atoms with Gasteiger partial charge < -0.3 is 32.3 Å². The van der Waals surface area contributed by atoms with Gasteiger partial charge in [0.15, 0.2) is 0 Å². The minimum absolute atomic E-state index is 0.202. The van der Waals surface area contributed by atoms with Crippen molar-refractivity contribution in [3.8, 4) is 0 Å². The lowest BCUT2D eigenvalue weighted by Gasteiger charge is -2.33. The van der Waals surface area contributed by atoms with Gasteiger partial charge in [-0.3, -0.25) is 42.5 Å². The summed E-state index contributed by atoms with van der Waals surface area (Å²) in [5.74, 6) is 1.32. The van der Waals surface area contributed by atoms with Crippen molar-refractivity contribution >= 4 is 97.3 Å². The molecule has 0 saturated heterocycles. The van der Waals surface area contributed by atoms with E-state index in [1.54, 1.807) is 36.8 Å². The number of nitrogens with two attached hydrogens (primary N) is 1. The van der Waals surface area contributed by atoms with Crippen LogP contribution in [0.4, 0.5) is 28.8 Å². The molecule has 7 N–H and O–H groups in total. The molecule has 3 aliphatic carbocycles. The van der Waals surface area contributed by atoms with Crippen LogP contribution >= 0.6 is 50.7 Å². The quantitative estimate of drug-likeness (QED) is 0.0878. The van der Waals surface area contributed by atoms with Gasteiger partial charge >= 0.3 is 0 Å². The van der Waals surface area contributed by atoms with E-state index in [0.29, 0.717) is 26.9 Å². The molecule has 3 saturated carbocycles. The highest BCUT2D eigenvalue weighted by atomic mass is 79.9. The molecule has 0 radical (unpaired) electrons. The molecule has 6 aliphatic rings. The van der Waals surface area contributed by atoms with Crippen molar-refractivity contribution in [2.24, 2.45) is 17.8 Å². The molecule has 6 aromatic heterocycles. The summed E-state index contributed by atoms with van der Waals surface area (Å²) in [5, 5.41) is 15.7. The molecule has 21 nitrogen and oxygen atoms in total. The van der Waals surface area contributed by atoms with Gasteiger partial charge in [0.1, 0.15) is 81.9 Å². The zero-order valence-corrected chi connectivity index (χ0v) is 45.6. The van der Waals surface area contributed by atoms with Gasteiger partial charge in [0.2, 0.25) is 0 Å². The SMILES string of the molecule is CC1(C2CCCC2)NC(=O)c2c(Cl)cc(Br)c(=O)n21.CC1(C2CCCC2)NC(=O)c2c(Cl)cc(Nc3ccncn3)c(=O)n21.CC1(C2CCCC2)NC(=O)c2c(Cl)cc(Nc3ccncn3)c(=O)n21.Nc1ccncn1. The molecular formula is C51H55BrCl3N15O6. The lowest BCUT2D eigenvalue weighted by atomic mass is 9.92. The molecule has 3 unspecified atom stereocenters. The first kappa shape index (κ1) is 54.1. The second kappa shape index (κ2) is 22.1. The third kappa shape index (κ3) is 10.3. The van der Waals surface area contributed by atoms with Gasteiger partial charge in [0.25, 0.3) is 34.4 Å². The van der Waals surface area contributed by atoms with E-state index < -0.39 is 17.0 Å². The molecular weight excluding hydrogens is 1100 g/mol. The predicted molar refractivity (Wildman–Crippen MR) is 291 cm³/mol. The summed E-state index contributed by atoms with van der Waals surface area (Å²) in [4.78, 5) is 99.0. The maximum absolute atomic E-state index is 13.1. The number of aromatic nitrogens is 9. The summed E-state index contributed by atoms with van der Waals surface area (Å²) < 4.78 is 4.98. The zero-order valence-electron chi connectivity index (χ0n) is 41.7. The first-order valence-corrected chi connectivity index (χ1v) is 26.9. The van der Waals surface area contributed by atoms with E-state index in [9.17, 15) is 28.8 Å². The average molecular weight is 1160 g/mol. The third-order valence-corrected chi connectivity index (χ3v) is 16.7.